The highest BCUT2D eigenvalue weighted by Crippen LogP contribution is 2.40. The lowest BCUT2D eigenvalue weighted by Crippen LogP contribution is -2.38. The fourth-order valence-electron chi connectivity index (χ4n) is 3.53. The minimum Gasteiger partial charge on any atom is -0.307 e. The van der Waals surface area contributed by atoms with E-state index in [1.807, 2.05) is 0 Å². The Morgan fingerprint density at radius 1 is 1.14 bits per heavy atom. The summed E-state index contributed by atoms with van der Waals surface area (Å²) < 4.78 is 1.15. The molecule has 0 aliphatic heterocycles. The van der Waals surface area contributed by atoms with E-state index in [4.69, 9.17) is 0 Å². The Kier molecular flexibility index (Phi) is 5.90. The van der Waals surface area contributed by atoms with Gasteiger partial charge in [0, 0.05) is 16.6 Å². The van der Waals surface area contributed by atoms with Crippen LogP contribution in [0.2, 0.25) is 0 Å². The smallest absolute Gasteiger partial charge is 0.0294 e. The Balaban J connectivity index is 1.84. The van der Waals surface area contributed by atoms with Crippen LogP contribution in [0.1, 0.15) is 71.4 Å². The van der Waals surface area contributed by atoms with Gasteiger partial charge < -0.3 is 5.32 Å². The molecule has 21 heavy (non-hydrogen) atoms. The Bertz CT molecular complexity index is 429. The lowest BCUT2D eigenvalue weighted by atomic mass is 9.69. The van der Waals surface area contributed by atoms with Crippen molar-refractivity contribution in [2.24, 2.45) is 11.3 Å². The first-order chi connectivity index (χ1) is 9.92. The van der Waals surface area contributed by atoms with E-state index >= 15 is 0 Å². The number of rotatable bonds is 5. The van der Waals surface area contributed by atoms with Gasteiger partial charge in [-0.1, -0.05) is 55.3 Å². The third kappa shape index (κ3) is 4.56. The standard InChI is InChI=1S/C19H30BrN/c1-5-19(3,4)16-8-12-18(13-9-16)21-14(2)15-6-10-17(20)11-7-15/h6-7,10-11,14,16,18,21H,5,8-9,12-13H2,1-4H3/t14-,16?,18?/m0/s1. The summed E-state index contributed by atoms with van der Waals surface area (Å²) >= 11 is 3.50. The average molecular weight is 352 g/mol. The zero-order valence-electron chi connectivity index (χ0n) is 14.0. The third-order valence-corrected chi connectivity index (χ3v) is 6.13. The van der Waals surface area contributed by atoms with Crippen LogP contribution in [-0.4, -0.2) is 6.04 Å². The molecule has 1 aliphatic rings. The Morgan fingerprint density at radius 2 is 1.71 bits per heavy atom. The largest absolute Gasteiger partial charge is 0.307 e. The fourth-order valence-corrected chi connectivity index (χ4v) is 3.80. The van der Waals surface area contributed by atoms with Gasteiger partial charge in [0.05, 0.1) is 0 Å². The molecule has 0 saturated heterocycles. The van der Waals surface area contributed by atoms with E-state index in [1.165, 1.54) is 37.7 Å². The van der Waals surface area contributed by atoms with Crippen LogP contribution >= 0.6 is 15.9 Å². The van der Waals surface area contributed by atoms with Crippen molar-refractivity contribution in [3.8, 4) is 0 Å². The SMILES string of the molecule is CCC(C)(C)C1CCC(N[C@@H](C)c2ccc(Br)cc2)CC1. The molecule has 2 rings (SSSR count). The van der Waals surface area contributed by atoms with Crippen molar-refractivity contribution in [2.75, 3.05) is 0 Å². The maximum Gasteiger partial charge on any atom is 0.0294 e. The molecule has 1 aromatic rings. The summed E-state index contributed by atoms with van der Waals surface area (Å²) in [7, 11) is 0. The highest BCUT2D eigenvalue weighted by Gasteiger charge is 2.32. The van der Waals surface area contributed by atoms with E-state index in [1.54, 1.807) is 0 Å². The molecule has 1 nitrogen and oxygen atoms in total. The molecular formula is C19H30BrN. The average Bonchev–Trinajstić information content (AvgIpc) is 2.48. The topological polar surface area (TPSA) is 12.0 Å². The summed E-state index contributed by atoms with van der Waals surface area (Å²) in [5.41, 5.74) is 1.90. The van der Waals surface area contributed by atoms with Crippen molar-refractivity contribution in [3.05, 3.63) is 34.3 Å². The van der Waals surface area contributed by atoms with E-state index in [0.29, 0.717) is 17.5 Å². The molecule has 1 atom stereocenters. The summed E-state index contributed by atoms with van der Waals surface area (Å²) in [5.74, 6) is 0.906. The number of hydrogen-bond donors (Lipinski definition) is 1. The van der Waals surface area contributed by atoms with E-state index in [2.05, 4.69) is 73.2 Å². The zero-order chi connectivity index (χ0) is 15.5. The first kappa shape index (κ1) is 17.0. The fraction of sp³-hybridized carbons (Fsp3) is 0.684. The molecule has 1 N–H and O–H groups in total. The molecule has 0 amide bonds. The van der Waals surface area contributed by atoms with Crippen LogP contribution in [0.3, 0.4) is 0 Å². The van der Waals surface area contributed by atoms with Gasteiger partial charge in [-0.25, -0.2) is 0 Å². The highest BCUT2D eigenvalue weighted by molar-refractivity contribution is 9.10. The summed E-state index contributed by atoms with van der Waals surface area (Å²) in [4.78, 5) is 0. The molecule has 1 saturated carbocycles. The molecule has 0 bridgehead atoms. The molecule has 1 aromatic carbocycles. The van der Waals surface area contributed by atoms with Gasteiger partial charge in [0.15, 0.2) is 0 Å². The second-order valence-corrected chi connectivity index (χ2v) is 8.25. The van der Waals surface area contributed by atoms with E-state index < -0.39 is 0 Å². The van der Waals surface area contributed by atoms with Gasteiger partial charge in [0.2, 0.25) is 0 Å². The van der Waals surface area contributed by atoms with Gasteiger partial charge >= 0.3 is 0 Å². The number of nitrogens with one attached hydrogen (secondary N) is 1. The van der Waals surface area contributed by atoms with Gasteiger partial charge in [0.25, 0.3) is 0 Å². The lowest BCUT2D eigenvalue weighted by molar-refractivity contribution is 0.134. The second-order valence-electron chi connectivity index (χ2n) is 7.33. The van der Waals surface area contributed by atoms with Crippen LogP contribution in [0, 0.1) is 11.3 Å². The molecule has 0 unspecified atom stereocenters. The van der Waals surface area contributed by atoms with Crippen LogP contribution in [-0.2, 0) is 0 Å². The van der Waals surface area contributed by atoms with Crippen molar-refractivity contribution >= 4 is 15.9 Å². The number of benzene rings is 1. The first-order valence-electron chi connectivity index (χ1n) is 8.44. The normalized spacial score (nSPS) is 24.8. The van der Waals surface area contributed by atoms with Crippen LogP contribution in [0.5, 0.6) is 0 Å². The second kappa shape index (κ2) is 7.28. The minimum atomic E-state index is 0.443. The van der Waals surface area contributed by atoms with Crippen molar-refractivity contribution in [1.82, 2.24) is 5.32 Å². The predicted molar refractivity (Wildman–Crippen MR) is 95.5 cm³/mol. The predicted octanol–water partition coefficient (Wildman–Crippen LogP) is 6.09. The molecule has 118 valence electrons. The van der Waals surface area contributed by atoms with Crippen molar-refractivity contribution in [3.63, 3.8) is 0 Å². The van der Waals surface area contributed by atoms with E-state index in [9.17, 15) is 0 Å². The number of hydrogen-bond acceptors (Lipinski definition) is 1. The number of halogens is 1. The van der Waals surface area contributed by atoms with Crippen molar-refractivity contribution in [2.45, 2.75) is 71.9 Å². The molecule has 2 heteroatoms. The first-order valence-corrected chi connectivity index (χ1v) is 9.23. The van der Waals surface area contributed by atoms with Crippen LogP contribution in [0.25, 0.3) is 0 Å². The molecule has 0 spiro atoms. The Labute approximate surface area is 139 Å². The zero-order valence-corrected chi connectivity index (χ0v) is 15.5. The Morgan fingerprint density at radius 3 is 2.24 bits per heavy atom. The summed E-state index contributed by atoms with van der Waals surface area (Å²) in [6.07, 6.45) is 6.71. The Hall–Kier alpha value is -0.340. The van der Waals surface area contributed by atoms with Crippen LogP contribution in [0.15, 0.2) is 28.7 Å². The molecular weight excluding hydrogens is 322 g/mol. The summed E-state index contributed by atoms with van der Waals surface area (Å²) in [5, 5.41) is 3.83. The van der Waals surface area contributed by atoms with E-state index in [-0.39, 0.29) is 0 Å². The maximum atomic E-state index is 3.83. The molecule has 1 fully saturated rings. The van der Waals surface area contributed by atoms with Crippen molar-refractivity contribution < 1.29 is 0 Å². The van der Waals surface area contributed by atoms with E-state index in [0.717, 1.165) is 10.4 Å². The van der Waals surface area contributed by atoms with Crippen molar-refractivity contribution in [1.29, 1.82) is 0 Å². The monoisotopic (exact) mass is 351 g/mol. The van der Waals surface area contributed by atoms with Crippen LogP contribution < -0.4 is 5.32 Å². The minimum absolute atomic E-state index is 0.443. The molecule has 0 aromatic heterocycles. The molecule has 0 radical (unpaired) electrons. The lowest BCUT2D eigenvalue weighted by Gasteiger charge is -2.39. The quantitative estimate of drug-likeness (QED) is 0.676. The maximum absolute atomic E-state index is 3.83. The van der Waals surface area contributed by atoms with Gasteiger partial charge in [-0.05, 0) is 61.6 Å². The van der Waals surface area contributed by atoms with Gasteiger partial charge in [-0.15, -0.1) is 0 Å². The summed E-state index contributed by atoms with van der Waals surface area (Å²) in [6, 6.07) is 9.83. The third-order valence-electron chi connectivity index (χ3n) is 5.60. The molecule has 1 aliphatic carbocycles. The van der Waals surface area contributed by atoms with Crippen LogP contribution in [0.4, 0.5) is 0 Å². The van der Waals surface area contributed by atoms with Gasteiger partial charge in [-0.2, -0.15) is 0 Å². The molecule has 0 heterocycles. The summed E-state index contributed by atoms with van der Waals surface area (Å²) in [6.45, 7) is 9.50. The van der Waals surface area contributed by atoms with Gasteiger partial charge in [-0.3, -0.25) is 0 Å². The highest BCUT2D eigenvalue weighted by atomic mass is 79.9. The van der Waals surface area contributed by atoms with Gasteiger partial charge in [0.1, 0.15) is 0 Å².